The maximum Gasteiger partial charge on any atom is 0.229 e. The molecule has 1 N–H and O–H groups in total. The second-order valence-electron chi connectivity index (χ2n) is 6.45. The molecule has 0 aliphatic carbocycles. The first-order valence-electron chi connectivity index (χ1n) is 8.77. The summed E-state index contributed by atoms with van der Waals surface area (Å²) < 4.78 is 15.1. The zero-order valence-electron chi connectivity index (χ0n) is 14.6. The summed E-state index contributed by atoms with van der Waals surface area (Å²) in [7, 11) is 0. The van der Waals surface area contributed by atoms with Crippen molar-refractivity contribution in [2.45, 2.75) is 26.3 Å². The van der Waals surface area contributed by atoms with Crippen molar-refractivity contribution in [2.24, 2.45) is 0 Å². The predicted molar refractivity (Wildman–Crippen MR) is 96.8 cm³/mol. The van der Waals surface area contributed by atoms with E-state index in [1.807, 2.05) is 24.2 Å². The lowest BCUT2D eigenvalue weighted by Gasteiger charge is -2.26. The SMILES string of the molecule is CCn1cc(CC(=O)N2CC=C(c3c[nH]c4cc(F)ccc34)CC2)nn1. The lowest BCUT2D eigenvalue weighted by Crippen LogP contribution is -2.35. The van der Waals surface area contributed by atoms with E-state index < -0.39 is 0 Å². The van der Waals surface area contributed by atoms with Crippen molar-refractivity contribution in [2.75, 3.05) is 13.1 Å². The molecule has 0 saturated heterocycles. The van der Waals surface area contributed by atoms with Gasteiger partial charge < -0.3 is 9.88 Å². The Labute approximate surface area is 150 Å². The number of carbonyl (C=O) groups excluding carboxylic acids is 1. The van der Waals surface area contributed by atoms with Crippen molar-refractivity contribution in [1.29, 1.82) is 0 Å². The van der Waals surface area contributed by atoms with Crippen LogP contribution in [-0.2, 0) is 17.8 Å². The summed E-state index contributed by atoms with van der Waals surface area (Å²) in [4.78, 5) is 17.4. The summed E-state index contributed by atoms with van der Waals surface area (Å²) in [5.41, 5.74) is 3.76. The van der Waals surface area contributed by atoms with E-state index >= 15 is 0 Å². The molecule has 7 heteroatoms. The summed E-state index contributed by atoms with van der Waals surface area (Å²) in [6.45, 7) is 3.96. The number of aryl methyl sites for hydroxylation is 1. The fraction of sp³-hybridized carbons (Fsp3) is 0.316. The number of aromatic nitrogens is 4. The number of fused-ring (bicyclic) bond motifs is 1. The Kier molecular flexibility index (Phi) is 4.28. The first-order chi connectivity index (χ1) is 12.6. The number of hydrogen-bond donors (Lipinski definition) is 1. The molecule has 134 valence electrons. The van der Waals surface area contributed by atoms with Crippen LogP contribution in [0.2, 0.25) is 0 Å². The molecule has 0 bridgehead atoms. The van der Waals surface area contributed by atoms with E-state index in [-0.39, 0.29) is 18.1 Å². The minimum atomic E-state index is -0.250. The molecule has 6 nitrogen and oxygen atoms in total. The Hall–Kier alpha value is -2.96. The molecule has 0 saturated carbocycles. The lowest BCUT2D eigenvalue weighted by atomic mass is 9.98. The van der Waals surface area contributed by atoms with E-state index in [2.05, 4.69) is 21.4 Å². The summed E-state index contributed by atoms with van der Waals surface area (Å²) in [6, 6.07) is 4.77. The minimum absolute atomic E-state index is 0.0597. The molecular formula is C19H20FN5O. The Bertz CT molecular complexity index is 987. The van der Waals surface area contributed by atoms with Gasteiger partial charge >= 0.3 is 0 Å². The van der Waals surface area contributed by atoms with Crippen LogP contribution in [0.3, 0.4) is 0 Å². The van der Waals surface area contributed by atoms with Crippen LogP contribution in [0, 0.1) is 5.82 Å². The van der Waals surface area contributed by atoms with Gasteiger partial charge in [0.1, 0.15) is 5.82 Å². The quantitative estimate of drug-likeness (QED) is 0.784. The molecule has 1 amide bonds. The fourth-order valence-electron chi connectivity index (χ4n) is 3.35. The zero-order valence-corrected chi connectivity index (χ0v) is 14.6. The largest absolute Gasteiger partial charge is 0.360 e. The molecule has 2 aromatic heterocycles. The van der Waals surface area contributed by atoms with E-state index in [0.717, 1.165) is 29.4 Å². The third kappa shape index (κ3) is 3.12. The van der Waals surface area contributed by atoms with Crippen LogP contribution >= 0.6 is 0 Å². The smallest absolute Gasteiger partial charge is 0.229 e. The number of halogens is 1. The van der Waals surface area contributed by atoms with Gasteiger partial charge in [-0.3, -0.25) is 9.48 Å². The van der Waals surface area contributed by atoms with Crippen LogP contribution < -0.4 is 0 Å². The number of nitrogens with one attached hydrogen (secondary N) is 1. The van der Waals surface area contributed by atoms with E-state index in [9.17, 15) is 9.18 Å². The van der Waals surface area contributed by atoms with Gasteiger partial charge in [0.2, 0.25) is 5.91 Å². The fourth-order valence-corrected chi connectivity index (χ4v) is 3.35. The number of amides is 1. The van der Waals surface area contributed by atoms with Gasteiger partial charge in [0.05, 0.1) is 12.1 Å². The third-order valence-corrected chi connectivity index (χ3v) is 4.79. The highest BCUT2D eigenvalue weighted by Gasteiger charge is 2.20. The summed E-state index contributed by atoms with van der Waals surface area (Å²) >= 11 is 0. The Morgan fingerprint density at radius 2 is 2.27 bits per heavy atom. The number of rotatable bonds is 4. The lowest BCUT2D eigenvalue weighted by molar-refractivity contribution is -0.130. The van der Waals surface area contributed by atoms with E-state index in [0.29, 0.717) is 18.8 Å². The van der Waals surface area contributed by atoms with Gasteiger partial charge in [-0.25, -0.2) is 4.39 Å². The minimum Gasteiger partial charge on any atom is -0.360 e. The van der Waals surface area contributed by atoms with Gasteiger partial charge in [-0.2, -0.15) is 0 Å². The van der Waals surface area contributed by atoms with Gasteiger partial charge in [0.25, 0.3) is 0 Å². The van der Waals surface area contributed by atoms with Crippen LogP contribution in [0.5, 0.6) is 0 Å². The van der Waals surface area contributed by atoms with Gasteiger partial charge in [0.15, 0.2) is 0 Å². The zero-order chi connectivity index (χ0) is 18.1. The molecule has 3 aromatic rings. The molecule has 0 unspecified atom stereocenters. The van der Waals surface area contributed by atoms with Gasteiger partial charge in [-0.1, -0.05) is 11.3 Å². The summed E-state index contributed by atoms with van der Waals surface area (Å²) in [5, 5.41) is 9.01. The molecule has 0 radical (unpaired) electrons. The van der Waals surface area contributed by atoms with Crippen LogP contribution in [0.15, 0.2) is 36.7 Å². The van der Waals surface area contributed by atoms with Crippen LogP contribution in [-0.4, -0.2) is 43.9 Å². The van der Waals surface area contributed by atoms with E-state index in [1.54, 1.807) is 10.7 Å². The van der Waals surface area contributed by atoms with Gasteiger partial charge in [-0.05, 0) is 37.1 Å². The van der Waals surface area contributed by atoms with Crippen LogP contribution in [0.25, 0.3) is 16.5 Å². The molecular weight excluding hydrogens is 333 g/mol. The molecule has 0 spiro atoms. The topological polar surface area (TPSA) is 66.8 Å². The van der Waals surface area contributed by atoms with Gasteiger partial charge in [-0.15, -0.1) is 5.10 Å². The first-order valence-corrected chi connectivity index (χ1v) is 8.77. The highest BCUT2D eigenvalue weighted by Crippen LogP contribution is 2.29. The van der Waals surface area contributed by atoms with Crippen molar-refractivity contribution in [3.05, 3.63) is 53.7 Å². The first kappa shape index (κ1) is 16.5. The van der Waals surface area contributed by atoms with Crippen molar-refractivity contribution in [3.8, 4) is 0 Å². The van der Waals surface area contributed by atoms with Crippen molar-refractivity contribution < 1.29 is 9.18 Å². The number of nitrogens with zero attached hydrogens (tertiary/aromatic N) is 4. The average molecular weight is 353 g/mol. The highest BCUT2D eigenvalue weighted by molar-refractivity contribution is 5.93. The van der Waals surface area contributed by atoms with E-state index in [1.165, 1.54) is 17.7 Å². The Balaban J connectivity index is 1.46. The summed E-state index contributed by atoms with van der Waals surface area (Å²) in [5.74, 6) is -0.190. The predicted octanol–water partition coefficient (Wildman–Crippen LogP) is 2.78. The van der Waals surface area contributed by atoms with Crippen molar-refractivity contribution in [1.82, 2.24) is 24.9 Å². The summed E-state index contributed by atoms with van der Waals surface area (Å²) in [6.07, 6.45) is 6.86. The highest BCUT2D eigenvalue weighted by atomic mass is 19.1. The maximum absolute atomic E-state index is 13.3. The second-order valence-corrected chi connectivity index (χ2v) is 6.45. The van der Waals surface area contributed by atoms with Crippen LogP contribution in [0.1, 0.15) is 24.6 Å². The van der Waals surface area contributed by atoms with E-state index in [4.69, 9.17) is 0 Å². The number of aromatic amines is 1. The molecule has 0 fully saturated rings. The van der Waals surface area contributed by atoms with Crippen molar-refractivity contribution in [3.63, 3.8) is 0 Å². The third-order valence-electron chi connectivity index (χ3n) is 4.79. The molecule has 1 aromatic carbocycles. The Morgan fingerprint density at radius 3 is 3.00 bits per heavy atom. The standard InChI is InChI=1S/C19H20FN5O/c1-2-25-12-15(22-23-25)10-19(26)24-7-5-13(6-8-24)17-11-21-18-9-14(20)3-4-16(17)18/h3-5,9,11-12,21H,2,6-8,10H2,1H3. The Morgan fingerprint density at radius 1 is 1.38 bits per heavy atom. The molecule has 0 atom stereocenters. The number of hydrogen-bond acceptors (Lipinski definition) is 3. The number of H-pyrrole nitrogens is 1. The second kappa shape index (κ2) is 6.74. The number of carbonyl (C=O) groups is 1. The average Bonchev–Trinajstić information content (AvgIpc) is 3.28. The van der Waals surface area contributed by atoms with Gasteiger partial charge in [0, 0.05) is 48.5 Å². The monoisotopic (exact) mass is 353 g/mol. The van der Waals surface area contributed by atoms with Crippen LogP contribution in [0.4, 0.5) is 4.39 Å². The molecule has 1 aliphatic rings. The van der Waals surface area contributed by atoms with Crippen molar-refractivity contribution >= 4 is 22.4 Å². The number of benzene rings is 1. The maximum atomic E-state index is 13.3. The molecule has 1 aliphatic heterocycles. The molecule has 4 rings (SSSR count). The molecule has 26 heavy (non-hydrogen) atoms. The molecule has 3 heterocycles. The normalized spacial score (nSPS) is 14.7.